The quantitative estimate of drug-likeness (QED) is 0.582. The Balaban J connectivity index is 2.17. The van der Waals surface area contributed by atoms with E-state index in [2.05, 4.69) is 0 Å². The summed E-state index contributed by atoms with van der Waals surface area (Å²) in [6.07, 6.45) is -4.04. The molecule has 0 aromatic carbocycles. The topological polar surface area (TPSA) is 88.4 Å². The van der Waals surface area contributed by atoms with Crippen molar-refractivity contribution in [3.05, 3.63) is 0 Å². The van der Waals surface area contributed by atoms with Gasteiger partial charge in [-0.2, -0.15) is 0 Å². The molecule has 100 valence electrons. The van der Waals surface area contributed by atoms with Crippen LogP contribution >= 0.6 is 0 Å². The summed E-state index contributed by atoms with van der Waals surface area (Å²) in [7, 11) is 0. The zero-order chi connectivity index (χ0) is 12.6. The molecule has 5 atom stereocenters. The van der Waals surface area contributed by atoms with Crippen LogP contribution in [-0.2, 0) is 10.9 Å². The summed E-state index contributed by atoms with van der Waals surface area (Å²) in [6.45, 7) is 3.69. The third-order valence-corrected chi connectivity index (χ3v) is 13.8. The standard InChI is InChI=1S/C6H10O6.2C2H5.Sn/c7-1-2-3(8)4(9)5(10)6(11)12-2;2*1-2;/h2-8,11H,1H2;2*1H2,2H3;/q-2;;;+2/t2-,3+,4-,5+,6-;;;/m1.../s1. The van der Waals surface area contributed by atoms with Gasteiger partial charge in [-0.1, -0.05) is 0 Å². The van der Waals surface area contributed by atoms with Crippen molar-refractivity contribution in [2.24, 2.45) is 0 Å². The van der Waals surface area contributed by atoms with Gasteiger partial charge in [-0.05, 0) is 0 Å². The molecular formula is C10H20O6Sn. The average molecular weight is 355 g/mol. The van der Waals surface area contributed by atoms with Gasteiger partial charge in [-0.15, -0.1) is 0 Å². The van der Waals surface area contributed by atoms with Gasteiger partial charge in [-0.3, -0.25) is 0 Å². The fourth-order valence-corrected chi connectivity index (χ4v) is 10.2. The Bertz CT molecular complexity index is 272. The van der Waals surface area contributed by atoms with Crippen LogP contribution in [0.1, 0.15) is 13.8 Å². The second kappa shape index (κ2) is 5.28. The third kappa shape index (κ3) is 2.36. The first-order valence-electron chi connectivity index (χ1n) is 6.05. The molecule has 2 saturated heterocycles. The third-order valence-electron chi connectivity index (χ3n) is 3.60. The van der Waals surface area contributed by atoms with Gasteiger partial charge in [0.05, 0.1) is 0 Å². The number of rotatable bonds is 3. The average Bonchev–Trinajstić information content (AvgIpc) is 2.75. The van der Waals surface area contributed by atoms with E-state index >= 15 is 0 Å². The van der Waals surface area contributed by atoms with Crippen LogP contribution in [0.5, 0.6) is 0 Å². The molecule has 0 aliphatic carbocycles. The second-order valence-corrected chi connectivity index (χ2v) is 15.1. The van der Waals surface area contributed by atoms with Gasteiger partial charge in [0, 0.05) is 0 Å². The summed E-state index contributed by atoms with van der Waals surface area (Å²) in [6, 6.07) is 0. The number of ether oxygens (including phenoxy) is 1. The zero-order valence-corrected chi connectivity index (χ0v) is 12.9. The summed E-state index contributed by atoms with van der Waals surface area (Å²) in [5.74, 6) is 0. The minimum atomic E-state index is -3.11. The number of aliphatic hydroxyl groups is 3. The molecular weight excluding hydrogens is 335 g/mol. The van der Waals surface area contributed by atoms with E-state index in [0.29, 0.717) is 0 Å². The van der Waals surface area contributed by atoms with Gasteiger partial charge >= 0.3 is 105 Å². The van der Waals surface area contributed by atoms with E-state index in [1.165, 1.54) is 0 Å². The van der Waals surface area contributed by atoms with Crippen molar-refractivity contribution in [2.45, 2.75) is 53.4 Å². The molecule has 0 spiro atoms. The van der Waals surface area contributed by atoms with Crippen molar-refractivity contribution < 1.29 is 26.2 Å². The van der Waals surface area contributed by atoms with Gasteiger partial charge < -0.3 is 0 Å². The van der Waals surface area contributed by atoms with Gasteiger partial charge in [0.1, 0.15) is 0 Å². The van der Waals surface area contributed by atoms with E-state index < -0.39 is 49.9 Å². The van der Waals surface area contributed by atoms with E-state index in [1.807, 2.05) is 13.8 Å². The Morgan fingerprint density at radius 3 is 2.18 bits per heavy atom. The molecule has 2 aliphatic heterocycles. The van der Waals surface area contributed by atoms with Gasteiger partial charge in [0.2, 0.25) is 0 Å². The molecule has 6 nitrogen and oxygen atoms in total. The van der Waals surface area contributed by atoms with E-state index in [0.717, 1.165) is 8.87 Å². The van der Waals surface area contributed by atoms with Crippen LogP contribution in [0.15, 0.2) is 0 Å². The molecule has 2 aliphatic rings. The molecule has 0 amide bonds. The number of aliphatic hydroxyl groups excluding tert-OH is 3. The first kappa shape index (κ1) is 14.0. The normalized spacial score (nSPS) is 44.6. The van der Waals surface area contributed by atoms with E-state index in [9.17, 15) is 10.2 Å². The predicted molar refractivity (Wildman–Crippen MR) is 60.4 cm³/mol. The van der Waals surface area contributed by atoms with Crippen molar-refractivity contribution in [1.82, 2.24) is 0 Å². The molecule has 2 heterocycles. The Hall–Kier alpha value is 0.559. The maximum absolute atomic E-state index is 10.0. The van der Waals surface area contributed by atoms with Crippen LogP contribution in [-0.4, -0.2) is 71.8 Å². The first-order chi connectivity index (χ1) is 8.06. The summed E-state index contributed by atoms with van der Waals surface area (Å²) in [5.41, 5.74) is 0. The monoisotopic (exact) mass is 356 g/mol. The van der Waals surface area contributed by atoms with E-state index in [1.54, 1.807) is 0 Å². The van der Waals surface area contributed by atoms with E-state index in [4.69, 9.17) is 16.0 Å². The fraction of sp³-hybridized carbons (Fsp3) is 1.00. The molecule has 2 rings (SSSR count). The van der Waals surface area contributed by atoms with Crippen molar-refractivity contribution >= 4 is 19.2 Å². The van der Waals surface area contributed by atoms with E-state index in [-0.39, 0.29) is 6.61 Å². The molecule has 0 aromatic rings. The molecule has 0 aromatic heterocycles. The Labute approximate surface area is 105 Å². The van der Waals surface area contributed by atoms with Gasteiger partial charge in [0.15, 0.2) is 0 Å². The maximum atomic E-state index is 10.0. The summed E-state index contributed by atoms with van der Waals surface area (Å²) >= 11 is -3.11. The molecule has 0 unspecified atom stereocenters. The van der Waals surface area contributed by atoms with Crippen molar-refractivity contribution in [3.63, 3.8) is 0 Å². The second-order valence-electron chi connectivity index (χ2n) is 4.52. The Kier molecular flexibility index (Phi) is 4.34. The Morgan fingerprint density at radius 1 is 1.06 bits per heavy atom. The summed E-state index contributed by atoms with van der Waals surface area (Å²) in [4.78, 5) is 0. The zero-order valence-electron chi connectivity index (χ0n) is 10.1. The SMILES string of the molecule is C[CH2][Sn]1([CH2]C)[O][C@@H]2[C@@H](O)[C@@H](CO)O[C@@H](O)[C@H]2[O]1. The van der Waals surface area contributed by atoms with Crippen molar-refractivity contribution in [3.8, 4) is 0 Å². The van der Waals surface area contributed by atoms with Crippen LogP contribution in [0.3, 0.4) is 0 Å². The van der Waals surface area contributed by atoms with Crippen LogP contribution in [0.4, 0.5) is 0 Å². The molecule has 0 bridgehead atoms. The molecule has 2 fully saturated rings. The predicted octanol–water partition coefficient (Wildman–Crippen LogP) is -0.677. The summed E-state index contributed by atoms with van der Waals surface area (Å²) in [5, 5.41) is 28.9. The van der Waals surface area contributed by atoms with Gasteiger partial charge in [0.25, 0.3) is 0 Å². The number of hydrogen-bond donors (Lipinski definition) is 3. The fourth-order valence-electron chi connectivity index (χ4n) is 2.43. The molecule has 7 heteroatoms. The summed E-state index contributed by atoms with van der Waals surface area (Å²) < 4.78 is 18.6. The number of fused-ring (bicyclic) bond motifs is 1. The number of hydrogen-bond acceptors (Lipinski definition) is 6. The molecule has 17 heavy (non-hydrogen) atoms. The first-order valence-corrected chi connectivity index (χ1v) is 12.4. The molecule has 0 saturated carbocycles. The van der Waals surface area contributed by atoms with Crippen LogP contribution in [0.25, 0.3) is 0 Å². The van der Waals surface area contributed by atoms with Crippen molar-refractivity contribution in [2.75, 3.05) is 6.61 Å². The Morgan fingerprint density at radius 2 is 1.65 bits per heavy atom. The van der Waals surface area contributed by atoms with Crippen LogP contribution < -0.4 is 0 Å². The van der Waals surface area contributed by atoms with Gasteiger partial charge in [-0.25, -0.2) is 0 Å². The molecule has 3 N–H and O–H groups in total. The minimum absolute atomic E-state index is 0.342. The van der Waals surface area contributed by atoms with Crippen molar-refractivity contribution in [1.29, 1.82) is 0 Å². The van der Waals surface area contributed by atoms with Crippen LogP contribution in [0, 0.1) is 0 Å². The van der Waals surface area contributed by atoms with Crippen LogP contribution in [0.2, 0.25) is 8.87 Å². The molecule has 0 radical (unpaired) electrons.